The molecule has 0 saturated carbocycles. The average molecular weight is 483 g/mol. The number of nitrogens with one attached hydrogen (secondary N) is 3. The van der Waals surface area contributed by atoms with Gasteiger partial charge in [-0.2, -0.15) is 18.3 Å². The largest absolute Gasteiger partial charge is 0.496 e. The SMILES string of the molecule is COc1ccc(F)cc1CNC(=O)c1n[nH]c2ncnc(N[C@@H]3CN(CC(F)(F)F)C[C@H]3O)c12. The zero-order chi connectivity index (χ0) is 24.5. The predicted octanol–water partition coefficient (Wildman–Crippen LogP) is 1.45. The Morgan fingerprint density at radius 1 is 1.32 bits per heavy atom. The summed E-state index contributed by atoms with van der Waals surface area (Å²) in [7, 11) is 1.42. The summed E-state index contributed by atoms with van der Waals surface area (Å²) in [6.07, 6.45) is -4.29. The van der Waals surface area contributed by atoms with Gasteiger partial charge < -0.3 is 20.5 Å². The van der Waals surface area contributed by atoms with Crippen molar-refractivity contribution in [3.8, 4) is 5.75 Å². The molecule has 34 heavy (non-hydrogen) atoms. The van der Waals surface area contributed by atoms with Crippen molar-refractivity contribution in [3.05, 3.63) is 41.6 Å². The predicted molar refractivity (Wildman–Crippen MR) is 112 cm³/mol. The van der Waals surface area contributed by atoms with Crippen LogP contribution in [-0.4, -0.2) is 81.1 Å². The summed E-state index contributed by atoms with van der Waals surface area (Å²) in [6, 6.07) is 3.13. The van der Waals surface area contributed by atoms with Gasteiger partial charge in [0.15, 0.2) is 11.3 Å². The van der Waals surface area contributed by atoms with E-state index in [4.69, 9.17) is 4.74 Å². The van der Waals surface area contributed by atoms with Crippen molar-refractivity contribution < 1.29 is 32.2 Å². The molecule has 2 aromatic heterocycles. The molecule has 14 heteroatoms. The molecule has 1 aliphatic rings. The number of H-pyrrole nitrogens is 1. The number of halogens is 4. The van der Waals surface area contributed by atoms with Crippen molar-refractivity contribution in [2.45, 2.75) is 24.9 Å². The lowest BCUT2D eigenvalue weighted by Crippen LogP contribution is -2.34. The van der Waals surface area contributed by atoms with Crippen molar-refractivity contribution in [2.24, 2.45) is 0 Å². The summed E-state index contributed by atoms with van der Waals surface area (Å²) < 4.78 is 56.9. The van der Waals surface area contributed by atoms with E-state index in [-0.39, 0.29) is 42.2 Å². The number of anilines is 1. The molecule has 3 heterocycles. The van der Waals surface area contributed by atoms with Crippen LogP contribution in [0.2, 0.25) is 0 Å². The molecule has 1 saturated heterocycles. The molecule has 4 rings (SSSR count). The Kier molecular flexibility index (Phi) is 6.52. The first-order valence-corrected chi connectivity index (χ1v) is 10.2. The van der Waals surface area contributed by atoms with Crippen LogP contribution < -0.4 is 15.4 Å². The van der Waals surface area contributed by atoms with Crippen molar-refractivity contribution >= 4 is 22.8 Å². The number of aromatic amines is 1. The van der Waals surface area contributed by atoms with Crippen LogP contribution in [0.15, 0.2) is 24.5 Å². The van der Waals surface area contributed by atoms with E-state index < -0.39 is 36.6 Å². The molecule has 3 aromatic rings. The van der Waals surface area contributed by atoms with Crippen LogP contribution in [0.5, 0.6) is 5.75 Å². The number of aliphatic hydroxyl groups excluding tert-OH is 1. The third-order valence-corrected chi connectivity index (χ3v) is 5.34. The quantitative estimate of drug-likeness (QED) is 0.372. The Morgan fingerprint density at radius 3 is 2.85 bits per heavy atom. The molecule has 182 valence electrons. The summed E-state index contributed by atoms with van der Waals surface area (Å²) in [5.41, 5.74) is 0.544. The number of carbonyl (C=O) groups excluding carboxylic acids is 1. The van der Waals surface area contributed by atoms with Gasteiger partial charge in [0.25, 0.3) is 5.91 Å². The molecular formula is C20H21F4N7O3. The minimum Gasteiger partial charge on any atom is -0.496 e. The molecule has 0 aliphatic carbocycles. The number of hydrogen-bond acceptors (Lipinski definition) is 8. The van der Waals surface area contributed by atoms with Gasteiger partial charge >= 0.3 is 6.18 Å². The molecule has 1 fully saturated rings. The topological polar surface area (TPSA) is 128 Å². The van der Waals surface area contributed by atoms with E-state index in [9.17, 15) is 27.5 Å². The Bertz CT molecular complexity index is 1190. The van der Waals surface area contributed by atoms with E-state index in [1.807, 2.05) is 0 Å². The zero-order valence-corrected chi connectivity index (χ0v) is 17.9. The Morgan fingerprint density at radius 2 is 2.12 bits per heavy atom. The number of ether oxygens (including phenoxy) is 1. The number of carbonyl (C=O) groups is 1. The number of alkyl halides is 3. The first-order valence-electron chi connectivity index (χ1n) is 10.2. The Hall–Kier alpha value is -3.52. The van der Waals surface area contributed by atoms with Gasteiger partial charge in [-0.1, -0.05) is 0 Å². The lowest BCUT2D eigenvalue weighted by atomic mass is 10.1. The van der Waals surface area contributed by atoms with Crippen LogP contribution in [0.25, 0.3) is 11.0 Å². The van der Waals surface area contributed by atoms with Gasteiger partial charge in [-0.05, 0) is 18.2 Å². The van der Waals surface area contributed by atoms with Crippen molar-refractivity contribution in [1.29, 1.82) is 0 Å². The third-order valence-electron chi connectivity index (χ3n) is 5.34. The summed E-state index contributed by atoms with van der Waals surface area (Å²) in [5, 5.41) is 22.6. The monoisotopic (exact) mass is 483 g/mol. The minimum atomic E-state index is -4.39. The second-order valence-electron chi connectivity index (χ2n) is 7.78. The first kappa shape index (κ1) is 23.6. The number of rotatable bonds is 7. The fraction of sp³-hybridized carbons (Fsp3) is 0.400. The normalized spacial score (nSPS) is 18.9. The van der Waals surface area contributed by atoms with Gasteiger partial charge in [0.1, 0.15) is 23.7 Å². The smallest absolute Gasteiger partial charge is 0.401 e. The summed E-state index contributed by atoms with van der Waals surface area (Å²) in [5.74, 6) is -0.603. The molecule has 0 unspecified atom stereocenters. The van der Waals surface area contributed by atoms with Crippen LogP contribution in [0.1, 0.15) is 16.1 Å². The molecule has 0 radical (unpaired) electrons. The average Bonchev–Trinajstić information content (AvgIpc) is 3.35. The van der Waals surface area contributed by atoms with Gasteiger partial charge in [0.2, 0.25) is 0 Å². The third kappa shape index (κ3) is 5.17. The van der Waals surface area contributed by atoms with E-state index in [1.54, 1.807) is 0 Å². The molecule has 1 aromatic carbocycles. The maximum absolute atomic E-state index is 13.6. The number of methoxy groups -OCH3 is 1. The summed E-state index contributed by atoms with van der Waals surface area (Å²) in [6.45, 7) is -1.45. The molecule has 0 spiro atoms. The Balaban J connectivity index is 1.52. The molecule has 2 atom stereocenters. The minimum absolute atomic E-state index is 0.0572. The van der Waals surface area contributed by atoms with E-state index in [2.05, 4.69) is 30.8 Å². The number of aliphatic hydroxyl groups is 1. The van der Waals surface area contributed by atoms with E-state index in [1.165, 1.54) is 31.6 Å². The number of benzene rings is 1. The first-order chi connectivity index (χ1) is 16.1. The van der Waals surface area contributed by atoms with E-state index in [0.29, 0.717) is 11.3 Å². The van der Waals surface area contributed by atoms with Crippen LogP contribution in [0.4, 0.5) is 23.4 Å². The summed E-state index contributed by atoms with van der Waals surface area (Å²) in [4.78, 5) is 22.0. The van der Waals surface area contributed by atoms with Gasteiger partial charge in [-0.15, -0.1) is 0 Å². The van der Waals surface area contributed by atoms with Crippen LogP contribution in [-0.2, 0) is 6.54 Å². The van der Waals surface area contributed by atoms with Gasteiger partial charge in [-0.25, -0.2) is 14.4 Å². The molecule has 0 bridgehead atoms. The van der Waals surface area contributed by atoms with E-state index in [0.717, 1.165) is 4.90 Å². The second-order valence-corrected chi connectivity index (χ2v) is 7.78. The molecule has 10 nitrogen and oxygen atoms in total. The summed E-state index contributed by atoms with van der Waals surface area (Å²) >= 11 is 0. The zero-order valence-electron chi connectivity index (χ0n) is 17.9. The van der Waals surface area contributed by atoms with Gasteiger partial charge in [0.05, 0.1) is 31.2 Å². The lowest BCUT2D eigenvalue weighted by Gasteiger charge is -2.18. The highest BCUT2D eigenvalue weighted by atomic mass is 19.4. The molecule has 1 aliphatic heterocycles. The van der Waals surface area contributed by atoms with Crippen molar-refractivity contribution in [1.82, 2.24) is 30.4 Å². The molecule has 1 amide bonds. The number of amides is 1. The number of β-amino-alcohol motifs (C(OH)–C–C–N with tert-alkyl or cyclic N) is 1. The molecular weight excluding hydrogens is 462 g/mol. The van der Waals surface area contributed by atoms with Crippen LogP contribution in [0.3, 0.4) is 0 Å². The Labute approximate surface area is 190 Å². The van der Waals surface area contributed by atoms with Crippen molar-refractivity contribution in [3.63, 3.8) is 0 Å². The highest BCUT2D eigenvalue weighted by Gasteiger charge is 2.38. The van der Waals surface area contributed by atoms with Gasteiger partial charge in [-0.3, -0.25) is 14.8 Å². The second kappa shape index (κ2) is 9.38. The maximum Gasteiger partial charge on any atom is 0.401 e. The standard InChI is InChI=1S/C20H21F4N7O3/c1-34-14-3-2-11(21)4-10(14)5-25-19(33)16-15-17(26-9-27-18(15)30-29-16)28-12-6-31(7-13(12)32)8-20(22,23)24/h2-4,9,12-13,32H,5-8H2,1H3,(H,25,33)(H2,26,27,28,29,30)/t12-,13-/m1/s1. The lowest BCUT2D eigenvalue weighted by molar-refractivity contribution is -0.144. The maximum atomic E-state index is 13.6. The number of likely N-dealkylation sites (tertiary alicyclic amines) is 1. The van der Waals surface area contributed by atoms with Gasteiger partial charge in [0, 0.05) is 25.2 Å². The highest BCUT2D eigenvalue weighted by Crippen LogP contribution is 2.26. The highest BCUT2D eigenvalue weighted by molar-refractivity contribution is 6.07. The van der Waals surface area contributed by atoms with Crippen LogP contribution in [0, 0.1) is 5.82 Å². The fourth-order valence-corrected chi connectivity index (χ4v) is 3.84. The van der Waals surface area contributed by atoms with Crippen molar-refractivity contribution in [2.75, 3.05) is 32.1 Å². The van der Waals surface area contributed by atoms with Crippen LogP contribution >= 0.6 is 0 Å². The number of hydrogen-bond donors (Lipinski definition) is 4. The number of aromatic nitrogens is 4. The number of fused-ring (bicyclic) bond motifs is 1. The fourth-order valence-electron chi connectivity index (χ4n) is 3.84. The van der Waals surface area contributed by atoms with E-state index >= 15 is 0 Å². The molecule has 4 N–H and O–H groups in total. The number of nitrogens with zero attached hydrogens (tertiary/aromatic N) is 4.